The molecule has 82 valence electrons. The fraction of sp³-hybridized carbons (Fsp3) is 0.500. The third-order valence-corrected chi connectivity index (χ3v) is 3.03. The molecule has 0 unspecified atom stereocenters. The molecule has 2 rings (SSSR count). The molecule has 0 bridgehead atoms. The lowest BCUT2D eigenvalue weighted by Gasteiger charge is -2.42. The van der Waals surface area contributed by atoms with E-state index in [1.165, 1.54) is 6.07 Å². The summed E-state index contributed by atoms with van der Waals surface area (Å²) in [7, 11) is 1.63. The van der Waals surface area contributed by atoms with Gasteiger partial charge in [0.2, 0.25) is 0 Å². The molecule has 0 amide bonds. The minimum atomic E-state index is -0.775. The summed E-state index contributed by atoms with van der Waals surface area (Å²) in [4.78, 5) is 0. The van der Waals surface area contributed by atoms with Crippen LogP contribution in [-0.4, -0.2) is 23.9 Å². The van der Waals surface area contributed by atoms with Gasteiger partial charge in [0.05, 0.1) is 11.7 Å². The number of benzene rings is 1. The van der Waals surface area contributed by atoms with Gasteiger partial charge in [-0.15, -0.1) is 0 Å². The van der Waals surface area contributed by atoms with Crippen molar-refractivity contribution in [1.29, 1.82) is 0 Å². The van der Waals surface area contributed by atoms with Gasteiger partial charge in [-0.3, -0.25) is 0 Å². The van der Waals surface area contributed by atoms with Crippen LogP contribution in [0.3, 0.4) is 0 Å². The van der Waals surface area contributed by atoms with Crippen LogP contribution in [0.1, 0.15) is 18.4 Å². The Bertz CT molecular complexity index is 345. The van der Waals surface area contributed by atoms with Crippen molar-refractivity contribution in [3.63, 3.8) is 0 Å². The first kappa shape index (κ1) is 10.6. The molecule has 1 N–H and O–H groups in total. The smallest absolute Gasteiger partial charge is 0.126 e. The summed E-state index contributed by atoms with van der Waals surface area (Å²) in [5, 5.41) is 10.0. The fourth-order valence-electron chi connectivity index (χ4n) is 2.10. The van der Waals surface area contributed by atoms with E-state index in [-0.39, 0.29) is 11.9 Å². The van der Waals surface area contributed by atoms with E-state index in [1.54, 1.807) is 25.3 Å². The second-order valence-electron chi connectivity index (χ2n) is 4.26. The lowest BCUT2D eigenvalue weighted by atomic mass is 9.73. The number of halogens is 1. The van der Waals surface area contributed by atoms with Crippen LogP contribution in [0.4, 0.5) is 4.39 Å². The molecule has 15 heavy (non-hydrogen) atoms. The van der Waals surface area contributed by atoms with Gasteiger partial charge in [0.25, 0.3) is 0 Å². The summed E-state index contributed by atoms with van der Waals surface area (Å²) >= 11 is 0. The van der Waals surface area contributed by atoms with Crippen molar-refractivity contribution in [2.45, 2.75) is 31.0 Å². The molecule has 0 spiro atoms. The molecule has 1 aliphatic carbocycles. The SMILES string of the molecule is COC1CC(O)(Cc2ccccc2F)C1. The van der Waals surface area contributed by atoms with E-state index >= 15 is 0 Å². The maximum Gasteiger partial charge on any atom is 0.126 e. The van der Waals surface area contributed by atoms with Gasteiger partial charge in [0.15, 0.2) is 0 Å². The number of hydrogen-bond acceptors (Lipinski definition) is 2. The molecule has 0 radical (unpaired) electrons. The summed E-state index contributed by atoms with van der Waals surface area (Å²) in [5.41, 5.74) is -0.197. The minimum Gasteiger partial charge on any atom is -0.389 e. The average Bonchev–Trinajstić information content (AvgIpc) is 2.17. The first-order chi connectivity index (χ1) is 7.13. The van der Waals surface area contributed by atoms with Crippen LogP contribution in [0.2, 0.25) is 0 Å². The second-order valence-corrected chi connectivity index (χ2v) is 4.26. The minimum absolute atomic E-state index is 0.127. The average molecular weight is 210 g/mol. The molecule has 2 nitrogen and oxygen atoms in total. The van der Waals surface area contributed by atoms with Crippen LogP contribution in [0, 0.1) is 5.82 Å². The van der Waals surface area contributed by atoms with E-state index in [4.69, 9.17) is 4.74 Å². The largest absolute Gasteiger partial charge is 0.389 e. The molecule has 1 aromatic rings. The van der Waals surface area contributed by atoms with E-state index in [1.807, 2.05) is 0 Å². The summed E-state index contributed by atoms with van der Waals surface area (Å²) in [6.45, 7) is 0. The Balaban J connectivity index is 2.01. The van der Waals surface area contributed by atoms with E-state index in [2.05, 4.69) is 0 Å². The summed E-state index contributed by atoms with van der Waals surface area (Å²) < 4.78 is 18.4. The van der Waals surface area contributed by atoms with Crippen molar-refractivity contribution in [3.8, 4) is 0 Å². The van der Waals surface area contributed by atoms with Crippen LogP contribution in [0.5, 0.6) is 0 Å². The molecule has 0 aliphatic heterocycles. The van der Waals surface area contributed by atoms with Crippen LogP contribution in [-0.2, 0) is 11.2 Å². The quantitative estimate of drug-likeness (QED) is 0.825. The maximum absolute atomic E-state index is 13.3. The number of ether oxygens (including phenoxy) is 1. The van der Waals surface area contributed by atoms with Crippen LogP contribution in [0.25, 0.3) is 0 Å². The zero-order chi connectivity index (χ0) is 10.9. The number of aliphatic hydroxyl groups is 1. The highest BCUT2D eigenvalue weighted by atomic mass is 19.1. The monoisotopic (exact) mass is 210 g/mol. The fourth-order valence-corrected chi connectivity index (χ4v) is 2.10. The third-order valence-electron chi connectivity index (χ3n) is 3.03. The van der Waals surface area contributed by atoms with Crippen molar-refractivity contribution in [2.75, 3.05) is 7.11 Å². The van der Waals surface area contributed by atoms with Crippen LogP contribution < -0.4 is 0 Å². The van der Waals surface area contributed by atoms with Crippen molar-refractivity contribution < 1.29 is 14.2 Å². The van der Waals surface area contributed by atoms with Crippen molar-refractivity contribution in [1.82, 2.24) is 0 Å². The predicted octanol–water partition coefficient (Wildman–Crippen LogP) is 1.91. The lowest BCUT2D eigenvalue weighted by Crippen LogP contribution is -2.49. The molecule has 3 heteroatoms. The Hall–Kier alpha value is -0.930. The molecule has 0 atom stereocenters. The van der Waals surface area contributed by atoms with Crippen LogP contribution >= 0.6 is 0 Å². The highest BCUT2D eigenvalue weighted by Crippen LogP contribution is 2.37. The van der Waals surface area contributed by atoms with E-state index in [0.29, 0.717) is 24.8 Å². The van der Waals surface area contributed by atoms with Crippen LogP contribution in [0.15, 0.2) is 24.3 Å². The molecular weight excluding hydrogens is 195 g/mol. The summed E-state index contributed by atoms with van der Waals surface area (Å²) in [5.74, 6) is -0.244. The second kappa shape index (κ2) is 3.91. The molecule has 0 aromatic heterocycles. The molecule has 1 saturated carbocycles. The number of methoxy groups -OCH3 is 1. The molecular formula is C12H15FO2. The number of hydrogen-bond donors (Lipinski definition) is 1. The maximum atomic E-state index is 13.3. The first-order valence-electron chi connectivity index (χ1n) is 5.11. The van der Waals surface area contributed by atoms with Crippen molar-refractivity contribution in [3.05, 3.63) is 35.6 Å². The topological polar surface area (TPSA) is 29.5 Å². The predicted molar refractivity (Wildman–Crippen MR) is 55.1 cm³/mol. The Morgan fingerprint density at radius 1 is 1.47 bits per heavy atom. The van der Waals surface area contributed by atoms with Gasteiger partial charge >= 0.3 is 0 Å². The molecule has 1 aromatic carbocycles. The summed E-state index contributed by atoms with van der Waals surface area (Å²) in [6.07, 6.45) is 1.69. The Kier molecular flexibility index (Phi) is 2.76. The lowest BCUT2D eigenvalue weighted by molar-refractivity contribution is -0.126. The Morgan fingerprint density at radius 2 is 2.13 bits per heavy atom. The standard InChI is InChI=1S/C12H15FO2/c1-15-10-7-12(14,8-10)6-9-4-2-3-5-11(9)13/h2-5,10,14H,6-8H2,1H3. The molecule has 1 fully saturated rings. The zero-order valence-electron chi connectivity index (χ0n) is 8.74. The Labute approximate surface area is 88.7 Å². The molecule has 0 saturated heterocycles. The zero-order valence-corrected chi connectivity index (χ0v) is 8.74. The van der Waals surface area contributed by atoms with Crippen molar-refractivity contribution in [2.24, 2.45) is 0 Å². The highest BCUT2D eigenvalue weighted by molar-refractivity contribution is 5.20. The van der Waals surface area contributed by atoms with Gasteiger partial charge in [-0.1, -0.05) is 18.2 Å². The van der Waals surface area contributed by atoms with Gasteiger partial charge < -0.3 is 9.84 Å². The summed E-state index contributed by atoms with van der Waals surface area (Å²) in [6, 6.07) is 6.58. The van der Waals surface area contributed by atoms with Crippen molar-refractivity contribution >= 4 is 0 Å². The van der Waals surface area contributed by atoms with E-state index < -0.39 is 5.60 Å². The third kappa shape index (κ3) is 2.19. The van der Waals surface area contributed by atoms with Gasteiger partial charge in [0.1, 0.15) is 5.82 Å². The first-order valence-corrected chi connectivity index (χ1v) is 5.11. The van der Waals surface area contributed by atoms with E-state index in [0.717, 1.165) is 0 Å². The van der Waals surface area contributed by atoms with Gasteiger partial charge in [0, 0.05) is 26.4 Å². The highest BCUT2D eigenvalue weighted by Gasteiger charge is 2.43. The Morgan fingerprint density at radius 3 is 2.73 bits per heavy atom. The van der Waals surface area contributed by atoms with E-state index in [9.17, 15) is 9.50 Å². The van der Waals surface area contributed by atoms with Gasteiger partial charge in [-0.2, -0.15) is 0 Å². The number of rotatable bonds is 3. The normalized spacial score (nSPS) is 29.9. The molecule has 1 aliphatic rings. The molecule has 0 heterocycles. The van der Waals surface area contributed by atoms with Gasteiger partial charge in [-0.05, 0) is 11.6 Å². The van der Waals surface area contributed by atoms with Gasteiger partial charge in [-0.25, -0.2) is 4.39 Å².